The molecule has 5 heteroatoms. The zero-order valence-electron chi connectivity index (χ0n) is 13.9. The lowest BCUT2D eigenvalue weighted by Crippen LogP contribution is -1.97. The molecule has 4 nitrogen and oxygen atoms in total. The molecule has 0 aliphatic heterocycles. The van der Waals surface area contributed by atoms with Gasteiger partial charge < -0.3 is 9.47 Å². The van der Waals surface area contributed by atoms with E-state index in [2.05, 4.69) is 4.98 Å². The molecule has 3 aromatic rings. The van der Waals surface area contributed by atoms with Gasteiger partial charge in [-0.15, -0.1) is 0 Å². The third-order valence-electron chi connectivity index (χ3n) is 3.66. The van der Waals surface area contributed by atoms with Crippen molar-refractivity contribution in [2.24, 2.45) is 0 Å². The maximum atomic E-state index is 12.4. The Morgan fingerprint density at radius 1 is 1.08 bits per heavy atom. The highest BCUT2D eigenvalue weighted by Crippen LogP contribution is 2.28. The van der Waals surface area contributed by atoms with Crippen molar-refractivity contribution in [2.45, 2.75) is 0 Å². The molecule has 0 aliphatic carbocycles. The van der Waals surface area contributed by atoms with E-state index >= 15 is 0 Å². The van der Waals surface area contributed by atoms with E-state index in [0.717, 1.165) is 17.0 Å². The van der Waals surface area contributed by atoms with Gasteiger partial charge in [0, 0.05) is 16.5 Å². The van der Waals surface area contributed by atoms with Crippen LogP contribution in [-0.4, -0.2) is 25.0 Å². The van der Waals surface area contributed by atoms with Crippen LogP contribution in [0.4, 0.5) is 0 Å². The Morgan fingerprint density at radius 2 is 1.92 bits per heavy atom. The Hall–Kier alpha value is -2.92. The summed E-state index contributed by atoms with van der Waals surface area (Å²) in [4.78, 5) is 17.0. The number of carbonyl (C=O) groups is 1. The number of carbonyl (C=O) groups excluding carboxylic acids is 1. The van der Waals surface area contributed by atoms with Crippen molar-refractivity contribution in [3.05, 3.63) is 70.6 Å². The highest BCUT2D eigenvalue weighted by atomic mass is 32.1. The molecule has 0 atom stereocenters. The summed E-state index contributed by atoms with van der Waals surface area (Å²) in [5.74, 6) is 0.996. The molecule has 0 N–H and O–H groups in total. The average Bonchev–Trinajstić information content (AvgIpc) is 3.20. The van der Waals surface area contributed by atoms with E-state index < -0.39 is 0 Å². The molecule has 0 unspecified atom stereocenters. The molecule has 3 rings (SSSR count). The Labute approximate surface area is 150 Å². The van der Waals surface area contributed by atoms with Gasteiger partial charge in [-0.25, -0.2) is 4.98 Å². The zero-order valence-corrected chi connectivity index (χ0v) is 14.7. The van der Waals surface area contributed by atoms with Gasteiger partial charge in [0.2, 0.25) is 0 Å². The summed E-state index contributed by atoms with van der Waals surface area (Å²) < 4.78 is 10.4. The first kappa shape index (κ1) is 16.9. The second-order valence-electron chi connectivity index (χ2n) is 5.23. The smallest absolute Gasteiger partial charge is 0.186 e. The number of allylic oxidation sites excluding steroid dienone is 1. The Morgan fingerprint density at radius 3 is 2.64 bits per heavy atom. The molecule has 0 saturated carbocycles. The van der Waals surface area contributed by atoms with Crippen LogP contribution in [0.25, 0.3) is 17.3 Å². The highest BCUT2D eigenvalue weighted by Gasteiger charge is 2.08. The number of methoxy groups -OCH3 is 2. The number of aromatic nitrogens is 1. The molecule has 2 heterocycles. The first-order chi connectivity index (χ1) is 12.2. The number of rotatable bonds is 6. The van der Waals surface area contributed by atoms with Gasteiger partial charge in [-0.05, 0) is 53.9 Å². The van der Waals surface area contributed by atoms with Gasteiger partial charge in [0.25, 0.3) is 0 Å². The summed E-state index contributed by atoms with van der Waals surface area (Å²) in [6, 6.07) is 12.9. The van der Waals surface area contributed by atoms with Crippen LogP contribution in [0.3, 0.4) is 0 Å². The lowest BCUT2D eigenvalue weighted by atomic mass is 10.1. The van der Waals surface area contributed by atoms with Crippen LogP contribution in [0.15, 0.2) is 59.3 Å². The number of benzene rings is 1. The zero-order chi connectivity index (χ0) is 17.6. The number of pyridine rings is 1. The van der Waals surface area contributed by atoms with Gasteiger partial charge in [0.05, 0.1) is 25.6 Å². The summed E-state index contributed by atoms with van der Waals surface area (Å²) in [6.45, 7) is 0. The third kappa shape index (κ3) is 3.95. The van der Waals surface area contributed by atoms with Crippen LogP contribution in [0, 0.1) is 0 Å². The van der Waals surface area contributed by atoms with Crippen molar-refractivity contribution < 1.29 is 14.3 Å². The largest absolute Gasteiger partial charge is 0.493 e. The average molecular weight is 351 g/mol. The van der Waals surface area contributed by atoms with Gasteiger partial charge in [-0.3, -0.25) is 4.79 Å². The first-order valence-electron chi connectivity index (χ1n) is 7.65. The standard InChI is InChI=1S/C20H17NO3S/c1-23-19-9-6-14(12-20(19)24-2)18(22)8-7-16-4-3-5-17(21-16)15-10-11-25-13-15/h3-13H,1-2H3/b8-7+. The summed E-state index contributed by atoms with van der Waals surface area (Å²) in [5, 5.41) is 4.06. The minimum absolute atomic E-state index is 0.122. The monoisotopic (exact) mass is 351 g/mol. The topological polar surface area (TPSA) is 48.4 Å². The fraction of sp³-hybridized carbons (Fsp3) is 0.100. The maximum absolute atomic E-state index is 12.4. The van der Waals surface area contributed by atoms with Gasteiger partial charge in [0.1, 0.15) is 0 Å². The summed E-state index contributed by atoms with van der Waals surface area (Å²) >= 11 is 1.63. The molecular formula is C20H17NO3S. The minimum atomic E-state index is -0.122. The third-order valence-corrected chi connectivity index (χ3v) is 4.34. The number of hydrogen-bond acceptors (Lipinski definition) is 5. The van der Waals surface area contributed by atoms with Crippen LogP contribution in [-0.2, 0) is 0 Å². The molecule has 0 spiro atoms. The molecule has 0 radical (unpaired) electrons. The second-order valence-corrected chi connectivity index (χ2v) is 6.01. The predicted octanol–water partition coefficient (Wildman–Crippen LogP) is 4.72. The molecule has 25 heavy (non-hydrogen) atoms. The Balaban J connectivity index is 1.80. The van der Waals surface area contributed by atoms with E-state index in [4.69, 9.17) is 9.47 Å². The maximum Gasteiger partial charge on any atom is 0.186 e. The number of thiophene rings is 1. The fourth-order valence-corrected chi connectivity index (χ4v) is 3.01. The lowest BCUT2D eigenvalue weighted by Gasteiger charge is -2.08. The van der Waals surface area contributed by atoms with Gasteiger partial charge in [-0.1, -0.05) is 6.07 Å². The Bertz CT molecular complexity index is 901. The van der Waals surface area contributed by atoms with Gasteiger partial charge in [-0.2, -0.15) is 11.3 Å². The van der Waals surface area contributed by atoms with Crippen molar-refractivity contribution in [2.75, 3.05) is 14.2 Å². The van der Waals surface area contributed by atoms with Crippen LogP contribution in [0.1, 0.15) is 16.1 Å². The van der Waals surface area contributed by atoms with Crippen LogP contribution >= 0.6 is 11.3 Å². The van der Waals surface area contributed by atoms with Crippen molar-refractivity contribution in [1.29, 1.82) is 0 Å². The normalized spacial score (nSPS) is 10.8. The number of ketones is 1. The predicted molar refractivity (Wildman–Crippen MR) is 100 cm³/mol. The van der Waals surface area contributed by atoms with E-state index in [9.17, 15) is 4.79 Å². The number of hydrogen-bond donors (Lipinski definition) is 0. The quantitative estimate of drug-likeness (QED) is 0.476. The first-order valence-corrected chi connectivity index (χ1v) is 8.59. The summed E-state index contributed by atoms with van der Waals surface area (Å²) in [6.07, 6.45) is 3.23. The van der Waals surface area contributed by atoms with Crippen LogP contribution in [0.2, 0.25) is 0 Å². The van der Waals surface area contributed by atoms with Crippen molar-refractivity contribution >= 4 is 23.2 Å². The van der Waals surface area contributed by atoms with Gasteiger partial charge in [0.15, 0.2) is 17.3 Å². The minimum Gasteiger partial charge on any atom is -0.493 e. The summed E-state index contributed by atoms with van der Waals surface area (Å²) in [7, 11) is 3.10. The molecule has 0 bridgehead atoms. The lowest BCUT2D eigenvalue weighted by molar-refractivity contribution is 0.104. The molecule has 0 saturated heterocycles. The van der Waals surface area contributed by atoms with E-state index in [0.29, 0.717) is 17.1 Å². The summed E-state index contributed by atoms with van der Waals surface area (Å²) in [5.41, 5.74) is 3.23. The fourth-order valence-electron chi connectivity index (χ4n) is 2.36. The number of nitrogens with zero attached hydrogens (tertiary/aromatic N) is 1. The van der Waals surface area contributed by atoms with Crippen molar-refractivity contribution in [3.63, 3.8) is 0 Å². The molecule has 2 aromatic heterocycles. The van der Waals surface area contributed by atoms with E-state index in [1.165, 1.54) is 6.08 Å². The molecule has 126 valence electrons. The van der Waals surface area contributed by atoms with E-state index in [1.807, 2.05) is 35.0 Å². The van der Waals surface area contributed by atoms with E-state index in [-0.39, 0.29) is 5.78 Å². The Kier molecular flexibility index (Phi) is 5.26. The molecule has 1 aromatic carbocycles. The molecule has 0 amide bonds. The second kappa shape index (κ2) is 7.77. The van der Waals surface area contributed by atoms with Crippen molar-refractivity contribution in [1.82, 2.24) is 4.98 Å². The molecule has 0 aliphatic rings. The highest BCUT2D eigenvalue weighted by molar-refractivity contribution is 7.08. The van der Waals surface area contributed by atoms with E-state index in [1.54, 1.807) is 49.8 Å². The molecular weight excluding hydrogens is 334 g/mol. The van der Waals surface area contributed by atoms with Gasteiger partial charge >= 0.3 is 0 Å². The van der Waals surface area contributed by atoms with Crippen LogP contribution < -0.4 is 9.47 Å². The SMILES string of the molecule is COc1ccc(C(=O)/C=C/c2cccc(-c3ccsc3)n2)cc1OC. The van der Waals surface area contributed by atoms with Crippen molar-refractivity contribution in [3.8, 4) is 22.8 Å². The number of ether oxygens (including phenoxy) is 2. The molecule has 0 fully saturated rings. The van der Waals surface area contributed by atoms with Crippen LogP contribution in [0.5, 0.6) is 11.5 Å².